The van der Waals surface area contributed by atoms with E-state index in [1.807, 2.05) is 6.92 Å². The topological polar surface area (TPSA) is 96.6 Å². The van der Waals surface area contributed by atoms with Crippen LogP contribution < -0.4 is 4.72 Å². The van der Waals surface area contributed by atoms with Crippen molar-refractivity contribution in [2.24, 2.45) is 0 Å². The van der Waals surface area contributed by atoms with Crippen molar-refractivity contribution >= 4 is 21.7 Å². The first-order chi connectivity index (χ1) is 11.8. The van der Waals surface area contributed by atoms with Crippen molar-refractivity contribution in [1.29, 1.82) is 0 Å². The van der Waals surface area contributed by atoms with Gasteiger partial charge in [-0.2, -0.15) is 0 Å². The Kier molecular flexibility index (Phi) is 4.33. The number of anilines is 1. The highest BCUT2D eigenvalue weighted by atomic mass is 32.2. The summed E-state index contributed by atoms with van der Waals surface area (Å²) in [6.07, 6.45) is 0. The zero-order chi connectivity index (χ0) is 18.0. The second kappa shape index (κ2) is 6.45. The molecule has 2 aromatic carbocycles. The number of benzene rings is 2. The highest BCUT2D eigenvalue weighted by Crippen LogP contribution is 2.26. The Morgan fingerprint density at radius 1 is 1.04 bits per heavy atom. The van der Waals surface area contributed by atoms with Crippen LogP contribution in [0.4, 0.5) is 5.69 Å². The molecule has 0 saturated heterocycles. The van der Waals surface area contributed by atoms with Crippen LogP contribution in [-0.4, -0.2) is 19.5 Å². The summed E-state index contributed by atoms with van der Waals surface area (Å²) in [5.74, 6) is -1.00. The third-order valence-corrected chi connectivity index (χ3v) is 4.94. The second-order valence-corrected chi connectivity index (χ2v) is 7.15. The maximum absolute atomic E-state index is 12.4. The first-order valence-corrected chi connectivity index (χ1v) is 8.86. The van der Waals surface area contributed by atoms with Crippen molar-refractivity contribution in [3.05, 3.63) is 72.0 Å². The van der Waals surface area contributed by atoms with Gasteiger partial charge in [0.25, 0.3) is 10.0 Å². The van der Waals surface area contributed by atoms with Gasteiger partial charge in [0.2, 0.25) is 5.76 Å². The normalized spacial score (nSPS) is 11.2. The fraction of sp³-hybridized carbons (Fsp3) is 0.0556. The molecule has 128 valence electrons. The first-order valence-electron chi connectivity index (χ1n) is 7.38. The molecule has 3 rings (SSSR count). The average Bonchev–Trinajstić information content (AvgIpc) is 3.05. The summed E-state index contributed by atoms with van der Waals surface area (Å²) >= 11 is 0. The Morgan fingerprint density at radius 3 is 2.40 bits per heavy atom. The Hall–Kier alpha value is -3.06. The predicted molar refractivity (Wildman–Crippen MR) is 93.1 cm³/mol. The number of furan rings is 1. The second-order valence-electron chi connectivity index (χ2n) is 5.47. The summed E-state index contributed by atoms with van der Waals surface area (Å²) in [6.45, 7) is 1.88. The number of aromatic carboxylic acids is 1. The number of hydrogen-bond donors (Lipinski definition) is 2. The lowest BCUT2D eigenvalue weighted by Crippen LogP contribution is -2.12. The van der Waals surface area contributed by atoms with E-state index in [0.29, 0.717) is 17.0 Å². The molecule has 0 unspecified atom stereocenters. The Bertz CT molecular complexity index is 1020. The standard InChI is InChI=1S/C18H15NO5S/c1-12-5-7-15(8-6-12)25(22,23)19-14-4-2-3-13(11-14)16-9-10-17(24-16)18(20)21/h2-11,19H,1H3,(H,20,21). The van der Waals surface area contributed by atoms with E-state index >= 15 is 0 Å². The number of nitrogens with one attached hydrogen (secondary N) is 1. The molecule has 0 aliphatic heterocycles. The van der Waals surface area contributed by atoms with Gasteiger partial charge in [-0.25, -0.2) is 13.2 Å². The van der Waals surface area contributed by atoms with E-state index in [2.05, 4.69) is 4.72 Å². The van der Waals surface area contributed by atoms with Crippen molar-refractivity contribution in [2.45, 2.75) is 11.8 Å². The van der Waals surface area contributed by atoms with Crippen LogP contribution in [0.1, 0.15) is 16.1 Å². The molecule has 2 N–H and O–H groups in total. The van der Waals surface area contributed by atoms with Gasteiger partial charge in [0.05, 0.1) is 4.90 Å². The number of carboxylic acids is 1. The van der Waals surface area contributed by atoms with Crippen LogP contribution in [0.25, 0.3) is 11.3 Å². The van der Waals surface area contributed by atoms with Gasteiger partial charge in [-0.15, -0.1) is 0 Å². The van der Waals surface area contributed by atoms with E-state index in [0.717, 1.165) is 5.56 Å². The molecule has 7 heteroatoms. The summed E-state index contributed by atoms with van der Waals surface area (Å²) in [7, 11) is -3.71. The molecular formula is C18H15NO5S. The van der Waals surface area contributed by atoms with Gasteiger partial charge < -0.3 is 9.52 Å². The number of hydrogen-bond acceptors (Lipinski definition) is 4. The van der Waals surface area contributed by atoms with Gasteiger partial charge >= 0.3 is 5.97 Å². The van der Waals surface area contributed by atoms with Crippen molar-refractivity contribution in [2.75, 3.05) is 4.72 Å². The lowest BCUT2D eigenvalue weighted by atomic mass is 10.1. The van der Waals surface area contributed by atoms with Crippen LogP contribution in [0.2, 0.25) is 0 Å². The van der Waals surface area contributed by atoms with E-state index in [4.69, 9.17) is 9.52 Å². The molecule has 0 fully saturated rings. The smallest absolute Gasteiger partial charge is 0.371 e. The number of aryl methyl sites for hydroxylation is 1. The van der Waals surface area contributed by atoms with Crippen LogP contribution in [0.15, 0.2) is 70.0 Å². The molecule has 0 bridgehead atoms. The SMILES string of the molecule is Cc1ccc(S(=O)(=O)Nc2cccc(-c3ccc(C(=O)O)o3)c2)cc1. The van der Waals surface area contributed by atoms with E-state index in [9.17, 15) is 13.2 Å². The largest absolute Gasteiger partial charge is 0.475 e. The number of sulfonamides is 1. The molecule has 3 aromatic rings. The van der Waals surface area contributed by atoms with E-state index in [1.54, 1.807) is 36.4 Å². The summed E-state index contributed by atoms with van der Waals surface area (Å²) in [6, 6.07) is 15.9. The van der Waals surface area contributed by atoms with Crippen LogP contribution >= 0.6 is 0 Å². The van der Waals surface area contributed by atoms with Gasteiger partial charge in [-0.3, -0.25) is 4.72 Å². The molecule has 0 amide bonds. The monoisotopic (exact) mass is 357 g/mol. The molecule has 0 spiro atoms. The van der Waals surface area contributed by atoms with Gasteiger partial charge in [-0.1, -0.05) is 29.8 Å². The average molecular weight is 357 g/mol. The summed E-state index contributed by atoms with van der Waals surface area (Å²) < 4.78 is 32.6. The van der Waals surface area contributed by atoms with Gasteiger partial charge in [-0.05, 0) is 43.3 Å². The highest BCUT2D eigenvalue weighted by molar-refractivity contribution is 7.92. The molecule has 0 radical (unpaired) electrons. The van der Waals surface area contributed by atoms with E-state index < -0.39 is 16.0 Å². The summed E-state index contributed by atoms with van der Waals surface area (Å²) in [4.78, 5) is 11.1. The Morgan fingerprint density at radius 2 is 1.76 bits per heavy atom. The molecule has 0 saturated carbocycles. The minimum absolute atomic E-state index is 0.162. The molecule has 0 atom stereocenters. The molecule has 0 aliphatic carbocycles. The predicted octanol–water partition coefficient (Wildman–Crippen LogP) is 3.75. The van der Waals surface area contributed by atoms with Crippen molar-refractivity contribution in [1.82, 2.24) is 0 Å². The zero-order valence-corrected chi connectivity index (χ0v) is 14.1. The highest BCUT2D eigenvalue weighted by Gasteiger charge is 2.15. The van der Waals surface area contributed by atoms with Gasteiger partial charge in [0.15, 0.2) is 0 Å². The maximum atomic E-state index is 12.4. The summed E-state index contributed by atoms with van der Waals surface area (Å²) in [5.41, 5.74) is 1.89. The van der Waals surface area contributed by atoms with E-state index in [1.165, 1.54) is 24.3 Å². The van der Waals surface area contributed by atoms with Gasteiger partial charge in [0.1, 0.15) is 5.76 Å². The zero-order valence-electron chi connectivity index (χ0n) is 13.3. The van der Waals surface area contributed by atoms with Crippen LogP contribution in [0.5, 0.6) is 0 Å². The third-order valence-electron chi connectivity index (χ3n) is 3.55. The van der Waals surface area contributed by atoms with Crippen molar-refractivity contribution in [3.63, 3.8) is 0 Å². The molecular weight excluding hydrogens is 342 g/mol. The fourth-order valence-corrected chi connectivity index (χ4v) is 3.32. The van der Waals surface area contributed by atoms with Gasteiger partial charge in [0, 0.05) is 11.3 Å². The lowest BCUT2D eigenvalue weighted by molar-refractivity contribution is 0.0663. The number of carbonyl (C=O) groups is 1. The van der Waals surface area contributed by atoms with Crippen LogP contribution in [0, 0.1) is 6.92 Å². The third kappa shape index (κ3) is 3.72. The Balaban J connectivity index is 1.88. The first kappa shape index (κ1) is 16.8. The van der Waals surface area contributed by atoms with Crippen LogP contribution in [-0.2, 0) is 10.0 Å². The molecule has 25 heavy (non-hydrogen) atoms. The molecule has 0 aliphatic rings. The minimum Gasteiger partial charge on any atom is -0.475 e. The lowest BCUT2D eigenvalue weighted by Gasteiger charge is -2.09. The summed E-state index contributed by atoms with van der Waals surface area (Å²) in [5, 5.41) is 8.91. The van der Waals surface area contributed by atoms with Crippen molar-refractivity contribution < 1.29 is 22.7 Å². The molecule has 1 heterocycles. The van der Waals surface area contributed by atoms with Crippen molar-refractivity contribution in [3.8, 4) is 11.3 Å². The Labute approximate surface area is 144 Å². The van der Waals surface area contributed by atoms with E-state index in [-0.39, 0.29) is 10.7 Å². The minimum atomic E-state index is -3.71. The van der Waals surface area contributed by atoms with Crippen LogP contribution in [0.3, 0.4) is 0 Å². The maximum Gasteiger partial charge on any atom is 0.371 e. The number of carboxylic acid groups (broad SMARTS) is 1. The fourth-order valence-electron chi connectivity index (χ4n) is 2.28. The molecule has 6 nitrogen and oxygen atoms in total. The molecule has 1 aromatic heterocycles. The quantitative estimate of drug-likeness (QED) is 0.725. The number of rotatable bonds is 5.